The summed E-state index contributed by atoms with van der Waals surface area (Å²) in [5, 5.41) is 1.25. The lowest BCUT2D eigenvalue weighted by atomic mass is 10.2. The Hall–Kier alpha value is -2.42. The molecule has 0 amide bonds. The normalized spacial score (nSPS) is 16.6. The summed E-state index contributed by atoms with van der Waals surface area (Å²) in [7, 11) is -2.14. The average molecular weight is 390 g/mol. The predicted octanol–water partition coefficient (Wildman–Crippen LogP) is 2.18. The summed E-state index contributed by atoms with van der Waals surface area (Å²) in [5.74, 6) is 0.0909. The molecule has 144 valence electrons. The zero-order chi connectivity index (χ0) is 19.3. The van der Waals surface area contributed by atoms with E-state index in [0.717, 1.165) is 5.56 Å². The van der Waals surface area contributed by atoms with Crippen LogP contribution in [0.1, 0.15) is 21.7 Å². The summed E-state index contributed by atoms with van der Waals surface area (Å²) < 4.78 is 36.6. The Kier molecular flexibility index (Phi) is 6.10. The monoisotopic (exact) mass is 390 g/mol. The van der Waals surface area contributed by atoms with E-state index in [-0.39, 0.29) is 0 Å². The second-order valence-electron chi connectivity index (χ2n) is 6.18. The van der Waals surface area contributed by atoms with Gasteiger partial charge in [0.05, 0.1) is 19.9 Å². The van der Waals surface area contributed by atoms with Crippen LogP contribution in [0, 0.1) is 0 Å². The van der Waals surface area contributed by atoms with Gasteiger partial charge >= 0.3 is 5.97 Å². The molecule has 27 heavy (non-hydrogen) atoms. The van der Waals surface area contributed by atoms with E-state index < -0.39 is 16.0 Å². The molecule has 0 bridgehead atoms. The highest BCUT2D eigenvalue weighted by Gasteiger charge is 2.26. The van der Waals surface area contributed by atoms with Gasteiger partial charge in [-0.2, -0.15) is 4.31 Å². The predicted molar refractivity (Wildman–Crippen MR) is 101 cm³/mol. The highest BCUT2D eigenvalue weighted by Crippen LogP contribution is 2.17. The lowest BCUT2D eigenvalue weighted by molar-refractivity contribution is 0.0595. The maximum absolute atomic E-state index is 12.5. The summed E-state index contributed by atoms with van der Waals surface area (Å²) >= 11 is 0. The number of hydrogen-bond donors (Lipinski definition) is 0. The molecule has 1 aromatic carbocycles. The van der Waals surface area contributed by atoms with E-state index in [2.05, 4.69) is 4.90 Å². The fraction of sp³-hybridized carbons (Fsp3) is 0.316. The van der Waals surface area contributed by atoms with Crippen molar-refractivity contribution in [3.63, 3.8) is 0 Å². The third kappa shape index (κ3) is 4.85. The number of carbonyl (C=O) groups excluding carboxylic acids is 1. The highest BCUT2D eigenvalue weighted by atomic mass is 32.2. The van der Waals surface area contributed by atoms with E-state index in [9.17, 15) is 13.2 Å². The van der Waals surface area contributed by atoms with E-state index in [1.165, 1.54) is 23.1 Å². The molecular formula is C19H22N2O5S. The summed E-state index contributed by atoms with van der Waals surface area (Å²) in [5.41, 5.74) is 1.24. The largest absolute Gasteiger partial charge is 0.467 e. The summed E-state index contributed by atoms with van der Waals surface area (Å²) in [6.07, 6.45) is 3.06. The molecule has 0 unspecified atom stereocenters. The molecule has 8 heteroatoms. The first-order valence-electron chi connectivity index (χ1n) is 8.60. The van der Waals surface area contributed by atoms with Gasteiger partial charge in [0.1, 0.15) is 11.3 Å². The smallest absolute Gasteiger partial charge is 0.341 e. The first-order valence-corrected chi connectivity index (χ1v) is 10.1. The third-order valence-corrected chi connectivity index (χ3v) is 6.01. The Morgan fingerprint density at radius 1 is 1.15 bits per heavy atom. The fourth-order valence-electron chi connectivity index (χ4n) is 2.91. The van der Waals surface area contributed by atoms with Crippen LogP contribution in [-0.4, -0.2) is 56.9 Å². The van der Waals surface area contributed by atoms with Crippen LogP contribution in [-0.2, 0) is 21.3 Å². The number of nitrogens with zero attached hydrogens (tertiary/aromatic N) is 2. The minimum absolute atomic E-state index is 0.385. The van der Waals surface area contributed by atoms with Crippen molar-refractivity contribution < 1.29 is 22.4 Å². The van der Waals surface area contributed by atoms with Gasteiger partial charge in [-0.1, -0.05) is 30.3 Å². The van der Waals surface area contributed by atoms with Crippen LogP contribution in [0.4, 0.5) is 0 Å². The molecule has 1 aliphatic heterocycles. The third-order valence-electron chi connectivity index (χ3n) is 4.44. The Labute approximate surface area is 158 Å². The van der Waals surface area contributed by atoms with Gasteiger partial charge in [-0.3, -0.25) is 4.90 Å². The number of furan rings is 1. The van der Waals surface area contributed by atoms with E-state index in [1.807, 2.05) is 30.3 Å². The number of piperazine rings is 1. The van der Waals surface area contributed by atoms with Gasteiger partial charge in [-0.15, -0.1) is 0 Å². The van der Waals surface area contributed by atoms with Crippen molar-refractivity contribution in [2.24, 2.45) is 0 Å². The number of ether oxygens (including phenoxy) is 1. The molecule has 3 rings (SSSR count). The standard InChI is InChI=1S/C19H22N2O5S/c1-25-19(22)17-7-13-26-18(17)15-20-9-11-21(12-10-20)27(23,24)14-8-16-5-3-2-4-6-16/h2-8,13-14H,9-12,15H2,1H3/b14-8+. The maximum Gasteiger partial charge on any atom is 0.341 e. The van der Waals surface area contributed by atoms with Crippen LogP contribution in [0.5, 0.6) is 0 Å². The number of hydrogen-bond acceptors (Lipinski definition) is 6. The van der Waals surface area contributed by atoms with Crippen LogP contribution in [0.25, 0.3) is 6.08 Å². The van der Waals surface area contributed by atoms with Crippen LogP contribution >= 0.6 is 0 Å². The van der Waals surface area contributed by atoms with E-state index in [1.54, 1.807) is 12.1 Å². The first kappa shape index (κ1) is 19.3. The number of methoxy groups -OCH3 is 1. The Morgan fingerprint density at radius 3 is 2.52 bits per heavy atom. The number of sulfonamides is 1. The van der Waals surface area contributed by atoms with E-state index >= 15 is 0 Å². The van der Waals surface area contributed by atoms with Crippen molar-refractivity contribution in [2.45, 2.75) is 6.54 Å². The van der Waals surface area contributed by atoms with Crippen molar-refractivity contribution in [2.75, 3.05) is 33.3 Å². The molecule has 1 fully saturated rings. The van der Waals surface area contributed by atoms with Crippen LogP contribution in [0.3, 0.4) is 0 Å². The second kappa shape index (κ2) is 8.51. The topological polar surface area (TPSA) is 80.1 Å². The molecule has 0 spiro atoms. The maximum atomic E-state index is 12.5. The molecule has 0 aliphatic carbocycles. The van der Waals surface area contributed by atoms with E-state index in [4.69, 9.17) is 9.15 Å². The molecular weight excluding hydrogens is 368 g/mol. The summed E-state index contributed by atoms with van der Waals surface area (Å²) in [6.45, 7) is 2.32. The quantitative estimate of drug-likeness (QED) is 0.704. The zero-order valence-electron chi connectivity index (χ0n) is 15.1. The lowest BCUT2D eigenvalue weighted by Crippen LogP contribution is -2.47. The first-order chi connectivity index (χ1) is 13.0. The van der Waals surface area contributed by atoms with Crippen molar-refractivity contribution >= 4 is 22.1 Å². The minimum atomic E-state index is -3.46. The fourth-order valence-corrected chi connectivity index (χ4v) is 4.09. The lowest BCUT2D eigenvalue weighted by Gasteiger charge is -2.32. The van der Waals surface area contributed by atoms with Gasteiger partial charge in [-0.25, -0.2) is 13.2 Å². The molecule has 2 heterocycles. The number of benzene rings is 1. The average Bonchev–Trinajstić information content (AvgIpc) is 3.15. The molecule has 0 radical (unpaired) electrons. The number of rotatable bonds is 6. The summed E-state index contributed by atoms with van der Waals surface area (Å²) in [6, 6.07) is 10.9. The Morgan fingerprint density at radius 2 is 1.85 bits per heavy atom. The highest BCUT2D eigenvalue weighted by molar-refractivity contribution is 7.92. The molecule has 0 N–H and O–H groups in total. The van der Waals surface area contributed by atoms with Crippen molar-refractivity contribution in [3.8, 4) is 0 Å². The molecule has 1 aliphatic rings. The number of esters is 1. The van der Waals surface area contributed by atoms with Crippen LogP contribution < -0.4 is 0 Å². The summed E-state index contributed by atoms with van der Waals surface area (Å²) in [4.78, 5) is 13.8. The Balaban J connectivity index is 1.58. The second-order valence-corrected chi connectivity index (χ2v) is 8.00. The molecule has 7 nitrogen and oxygen atoms in total. The van der Waals surface area contributed by atoms with Crippen molar-refractivity contribution in [1.82, 2.24) is 9.21 Å². The van der Waals surface area contributed by atoms with Gasteiger partial charge in [-0.05, 0) is 17.7 Å². The van der Waals surface area contributed by atoms with Crippen LogP contribution in [0.15, 0.2) is 52.5 Å². The van der Waals surface area contributed by atoms with Crippen molar-refractivity contribution in [1.29, 1.82) is 0 Å². The molecule has 1 saturated heterocycles. The van der Waals surface area contributed by atoms with Gasteiger partial charge < -0.3 is 9.15 Å². The van der Waals surface area contributed by atoms with Gasteiger partial charge in [0.25, 0.3) is 0 Å². The van der Waals surface area contributed by atoms with E-state index in [0.29, 0.717) is 44.0 Å². The van der Waals surface area contributed by atoms with Gasteiger partial charge in [0.15, 0.2) is 0 Å². The molecule has 1 aromatic heterocycles. The minimum Gasteiger partial charge on any atom is -0.467 e. The molecule has 0 saturated carbocycles. The van der Waals surface area contributed by atoms with Crippen LogP contribution in [0.2, 0.25) is 0 Å². The Bertz CT molecular complexity index is 897. The zero-order valence-corrected chi connectivity index (χ0v) is 15.9. The van der Waals surface area contributed by atoms with Gasteiger partial charge in [0.2, 0.25) is 10.0 Å². The van der Waals surface area contributed by atoms with Gasteiger partial charge in [0, 0.05) is 31.6 Å². The molecule has 0 atom stereocenters. The van der Waals surface area contributed by atoms with Crippen molar-refractivity contribution in [3.05, 3.63) is 65.0 Å². The SMILES string of the molecule is COC(=O)c1ccoc1CN1CCN(S(=O)(=O)/C=C/c2ccccc2)CC1. The molecule has 2 aromatic rings. The number of carbonyl (C=O) groups is 1.